The van der Waals surface area contributed by atoms with Crippen molar-refractivity contribution in [2.45, 2.75) is 25.9 Å². The number of nitrogens with two attached hydrogens (primary N) is 1. The van der Waals surface area contributed by atoms with Gasteiger partial charge in [-0.1, -0.05) is 11.8 Å². The SMILES string of the molecule is C[C@H](N)CC#Cc1cncc(CN2CCN(C)C(=O)C2)c1.Cl.Cl.Cl. The van der Waals surface area contributed by atoms with Crippen LogP contribution in [-0.4, -0.2) is 53.4 Å². The van der Waals surface area contributed by atoms with Gasteiger partial charge in [0, 0.05) is 57.1 Å². The maximum absolute atomic E-state index is 11.7. The van der Waals surface area contributed by atoms with Gasteiger partial charge in [-0.05, 0) is 18.6 Å². The Kier molecular flexibility index (Phi) is 13.0. The third-order valence-electron chi connectivity index (χ3n) is 3.39. The summed E-state index contributed by atoms with van der Waals surface area (Å²) in [5.41, 5.74) is 7.65. The number of rotatable bonds is 3. The zero-order valence-corrected chi connectivity index (χ0v) is 16.3. The molecule has 5 nitrogen and oxygen atoms in total. The molecule has 1 aromatic heterocycles. The number of likely N-dealkylation sites (N-methyl/N-ethyl adjacent to an activating group) is 1. The van der Waals surface area contributed by atoms with Crippen LogP contribution in [0.1, 0.15) is 24.5 Å². The molecule has 136 valence electrons. The highest BCUT2D eigenvalue weighted by Gasteiger charge is 2.20. The van der Waals surface area contributed by atoms with E-state index in [0.29, 0.717) is 13.0 Å². The van der Waals surface area contributed by atoms with Crippen LogP contribution in [0.4, 0.5) is 0 Å². The zero-order valence-electron chi connectivity index (χ0n) is 13.9. The molecule has 0 radical (unpaired) electrons. The molecule has 0 spiro atoms. The number of carbonyl (C=O) groups is 1. The number of halogens is 3. The molecule has 0 bridgehead atoms. The minimum atomic E-state index is 0. The van der Waals surface area contributed by atoms with Crippen molar-refractivity contribution in [1.82, 2.24) is 14.8 Å². The number of hydrogen-bond donors (Lipinski definition) is 1. The van der Waals surface area contributed by atoms with E-state index in [1.165, 1.54) is 0 Å². The van der Waals surface area contributed by atoms with E-state index < -0.39 is 0 Å². The van der Waals surface area contributed by atoms with Crippen molar-refractivity contribution < 1.29 is 4.79 Å². The average Bonchev–Trinajstić information content (AvgIpc) is 2.43. The van der Waals surface area contributed by atoms with E-state index in [1.54, 1.807) is 11.1 Å². The second kappa shape index (κ2) is 12.3. The molecule has 0 saturated carbocycles. The van der Waals surface area contributed by atoms with Crippen LogP contribution in [0.25, 0.3) is 0 Å². The quantitative estimate of drug-likeness (QED) is 0.792. The third kappa shape index (κ3) is 8.18. The Bertz CT molecular complexity index is 572. The van der Waals surface area contributed by atoms with E-state index >= 15 is 0 Å². The summed E-state index contributed by atoms with van der Waals surface area (Å²) in [4.78, 5) is 19.8. The number of aromatic nitrogens is 1. The predicted molar refractivity (Wildman–Crippen MR) is 104 cm³/mol. The summed E-state index contributed by atoms with van der Waals surface area (Å²) in [6.07, 6.45) is 4.27. The normalized spacial score (nSPS) is 15.1. The van der Waals surface area contributed by atoms with Gasteiger partial charge >= 0.3 is 0 Å². The van der Waals surface area contributed by atoms with Crippen molar-refractivity contribution >= 4 is 43.1 Å². The molecule has 2 rings (SSSR count). The summed E-state index contributed by atoms with van der Waals surface area (Å²) in [6, 6.07) is 2.12. The molecule has 1 aromatic rings. The Morgan fingerprint density at radius 2 is 2.00 bits per heavy atom. The van der Waals surface area contributed by atoms with Crippen molar-refractivity contribution in [3.63, 3.8) is 0 Å². The first-order valence-corrected chi connectivity index (χ1v) is 7.19. The molecule has 0 aromatic carbocycles. The largest absolute Gasteiger partial charge is 0.343 e. The fourth-order valence-corrected chi connectivity index (χ4v) is 2.16. The number of pyridine rings is 1. The van der Waals surface area contributed by atoms with Gasteiger partial charge in [0.15, 0.2) is 0 Å². The van der Waals surface area contributed by atoms with Crippen LogP contribution >= 0.6 is 37.2 Å². The van der Waals surface area contributed by atoms with Crippen molar-refractivity contribution in [2.24, 2.45) is 5.73 Å². The number of hydrogen-bond acceptors (Lipinski definition) is 4. The lowest BCUT2D eigenvalue weighted by Gasteiger charge is -2.31. The first kappa shape index (κ1) is 25.2. The number of carbonyl (C=O) groups excluding carboxylic acids is 1. The Morgan fingerprint density at radius 3 is 2.62 bits per heavy atom. The predicted octanol–water partition coefficient (Wildman–Crippen LogP) is 1.71. The van der Waals surface area contributed by atoms with E-state index in [-0.39, 0.29) is 49.2 Å². The van der Waals surface area contributed by atoms with Gasteiger partial charge in [-0.25, -0.2) is 0 Å². The summed E-state index contributed by atoms with van der Waals surface area (Å²) in [6.45, 7) is 4.81. The fourth-order valence-electron chi connectivity index (χ4n) is 2.16. The summed E-state index contributed by atoms with van der Waals surface area (Å²) in [5, 5.41) is 0. The lowest BCUT2D eigenvalue weighted by molar-refractivity contribution is -0.134. The monoisotopic (exact) mass is 394 g/mol. The molecule has 1 amide bonds. The van der Waals surface area contributed by atoms with Crippen LogP contribution < -0.4 is 5.73 Å². The Labute approximate surface area is 162 Å². The van der Waals surface area contributed by atoms with Gasteiger partial charge in [0.05, 0.1) is 6.54 Å². The van der Waals surface area contributed by atoms with Crippen LogP contribution in [0.5, 0.6) is 0 Å². The fraction of sp³-hybridized carbons (Fsp3) is 0.500. The Morgan fingerprint density at radius 1 is 1.29 bits per heavy atom. The Balaban J connectivity index is 0. The lowest BCUT2D eigenvalue weighted by Crippen LogP contribution is -2.47. The highest BCUT2D eigenvalue weighted by molar-refractivity contribution is 5.86. The molecule has 0 unspecified atom stereocenters. The third-order valence-corrected chi connectivity index (χ3v) is 3.39. The molecular weight excluding hydrogens is 371 g/mol. The molecule has 1 fully saturated rings. The van der Waals surface area contributed by atoms with Crippen LogP contribution in [0.2, 0.25) is 0 Å². The van der Waals surface area contributed by atoms with Crippen molar-refractivity contribution in [1.29, 1.82) is 0 Å². The number of piperazine rings is 1. The minimum Gasteiger partial charge on any atom is -0.343 e. The van der Waals surface area contributed by atoms with E-state index in [1.807, 2.05) is 26.2 Å². The van der Waals surface area contributed by atoms with Gasteiger partial charge < -0.3 is 10.6 Å². The topological polar surface area (TPSA) is 62.5 Å². The molecule has 1 aliphatic rings. The molecule has 1 aliphatic heterocycles. The molecule has 1 atom stereocenters. The first-order chi connectivity index (χ1) is 10.0. The summed E-state index contributed by atoms with van der Waals surface area (Å²) >= 11 is 0. The first-order valence-electron chi connectivity index (χ1n) is 7.19. The van der Waals surface area contributed by atoms with E-state index in [0.717, 1.165) is 30.8 Å². The molecule has 2 N–H and O–H groups in total. The van der Waals surface area contributed by atoms with Crippen molar-refractivity contribution in [3.8, 4) is 11.8 Å². The van der Waals surface area contributed by atoms with E-state index in [4.69, 9.17) is 5.73 Å². The molecule has 2 heterocycles. The maximum Gasteiger partial charge on any atom is 0.236 e. The van der Waals surface area contributed by atoms with Gasteiger partial charge in [0.1, 0.15) is 0 Å². The highest BCUT2D eigenvalue weighted by Crippen LogP contribution is 2.09. The minimum absolute atomic E-state index is 0. The number of nitrogens with zero attached hydrogens (tertiary/aromatic N) is 3. The van der Waals surface area contributed by atoms with Gasteiger partial charge in [-0.15, -0.1) is 37.2 Å². The zero-order chi connectivity index (χ0) is 15.2. The second-order valence-electron chi connectivity index (χ2n) is 5.59. The van der Waals surface area contributed by atoms with Crippen molar-refractivity contribution in [3.05, 3.63) is 29.6 Å². The summed E-state index contributed by atoms with van der Waals surface area (Å²) in [7, 11) is 1.84. The summed E-state index contributed by atoms with van der Waals surface area (Å²) < 4.78 is 0. The van der Waals surface area contributed by atoms with Gasteiger partial charge in [0.25, 0.3) is 0 Å². The molecule has 1 saturated heterocycles. The lowest BCUT2D eigenvalue weighted by atomic mass is 10.1. The molecule has 8 heteroatoms. The Hall–Kier alpha value is -1.03. The standard InChI is InChI=1S/C16H22N4O.3ClH/c1-13(17)4-3-5-14-8-15(10-18-9-14)11-20-7-6-19(2)16(21)12-20;;;/h8-10,13H,4,6-7,11-12,17H2,1-2H3;3*1H/t13-;;;/m0.../s1. The summed E-state index contributed by atoms with van der Waals surface area (Å²) in [5.74, 6) is 6.31. The number of amides is 1. The van der Waals surface area contributed by atoms with Crippen LogP contribution in [-0.2, 0) is 11.3 Å². The van der Waals surface area contributed by atoms with Crippen LogP contribution in [0.3, 0.4) is 0 Å². The highest BCUT2D eigenvalue weighted by atomic mass is 35.5. The maximum atomic E-state index is 11.7. The van der Waals surface area contributed by atoms with Gasteiger partial charge in [-0.2, -0.15) is 0 Å². The smallest absolute Gasteiger partial charge is 0.236 e. The van der Waals surface area contributed by atoms with Crippen LogP contribution in [0, 0.1) is 11.8 Å². The van der Waals surface area contributed by atoms with Crippen molar-refractivity contribution in [2.75, 3.05) is 26.7 Å². The molecule has 24 heavy (non-hydrogen) atoms. The van der Waals surface area contributed by atoms with Crippen LogP contribution in [0.15, 0.2) is 18.5 Å². The van der Waals surface area contributed by atoms with E-state index in [9.17, 15) is 4.79 Å². The van der Waals surface area contributed by atoms with Gasteiger partial charge in [0.2, 0.25) is 5.91 Å². The molecular formula is C16H25Cl3N4O. The van der Waals surface area contributed by atoms with Gasteiger partial charge in [-0.3, -0.25) is 14.7 Å². The average molecular weight is 396 g/mol. The molecule has 0 aliphatic carbocycles. The second-order valence-corrected chi connectivity index (χ2v) is 5.59. The van der Waals surface area contributed by atoms with E-state index in [2.05, 4.69) is 21.7 Å².